The Balaban J connectivity index is 2.06. The first-order valence-corrected chi connectivity index (χ1v) is 6.24. The van der Waals surface area contributed by atoms with Crippen LogP contribution in [-0.2, 0) is 4.79 Å². The van der Waals surface area contributed by atoms with E-state index in [2.05, 4.69) is 10.3 Å². The summed E-state index contributed by atoms with van der Waals surface area (Å²) in [5.41, 5.74) is 1.89. The molecule has 4 heteroatoms. The third-order valence-electron chi connectivity index (χ3n) is 2.72. The zero-order valence-electron chi connectivity index (χ0n) is 11.5. The monoisotopic (exact) mass is 268 g/mol. The van der Waals surface area contributed by atoms with Gasteiger partial charge in [0.2, 0.25) is 5.91 Å². The molecule has 2 aromatic rings. The number of carbonyl (C=O) groups is 1. The number of nitrogens with zero attached hydrogens (tertiary/aromatic N) is 1. The number of carbonyl (C=O) groups excluding carboxylic acids is 1. The lowest BCUT2D eigenvalue weighted by molar-refractivity contribution is -0.111. The number of ether oxygens (including phenoxy) is 1. The first-order chi connectivity index (χ1) is 9.69. The molecular weight excluding hydrogens is 252 g/mol. The Kier molecular flexibility index (Phi) is 4.50. The van der Waals surface area contributed by atoms with Gasteiger partial charge in [-0.2, -0.15) is 0 Å². The average molecular weight is 268 g/mol. The number of para-hydroxylation sites is 1. The molecule has 0 aliphatic carbocycles. The largest absolute Gasteiger partial charge is 0.496 e. The molecule has 0 saturated carbocycles. The molecule has 2 rings (SSSR count). The van der Waals surface area contributed by atoms with Crippen molar-refractivity contribution in [3.8, 4) is 5.75 Å². The molecule has 0 fully saturated rings. The van der Waals surface area contributed by atoms with Crippen LogP contribution in [0, 0.1) is 6.92 Å². The van der Waals surface area contributed by atoms with Crippen molar-refractivity contribution in [1.29, 1.82) is 0 Å². The van der Waals surface area contributed by atoms with E-state index in [0.29, 0.717) is 5.82 Å². The van der Waals surface area contributed by atoms with Gasteiger partial charge in [-0.25, -0.2) is 4.98 Å². The molecule has 0 bridgehead atoms. The van der Waals surface area contributed by atoms with Gasteiger partial charge in [0.15, 0.2) is 0 Å². The summed E-state index contributed by atoms with van der Waals surface area (Å²) in [5.74, 6) is 1.04. The maximum atomic E-state index is 11.8. The van der Waals surface area contributed by atoms with Crippen LogP contribution in [0.5, 0.6) is 5.75 Å². The summed E-state index contributed by atoms with van der Waals surface area (Å²) in [6, 6.07) is 11.2. The van der Waals surface area contributed by atoms with Crippen molar-refractivity contribution in [3.05, 3.63) is 59.8 Å². The molecule has 0 saturated heterocycles. The van der Waals surface area contributed by atoms with Crippen LogP contribution in [0.3, 0.4) is 0 Å². The van der Waals surface area contributed by atoms with Gasteiger partial charge in [0.05, 0.1) is 7.11 Å². The number of anilines is 1. The van der Waals surface area contributed by atoms with Gasteiger partial charge in [-0.15, -0.1) is 0 Å². The maximum absolute atomic E-state index is 11.8. The maximum Gasteiger partial charge on any atom is 0.249 e. The fourth-order valence-electron chi connectivity index (χ4n) is 1.74. The number of hydrogen-bond donors (Lipinski definition) is 1. The number of pyridine rings is 1. The Hall–Kier alpha value is -2.62. The fourth-order valence-corrected chi connectivity index (χ4v) is 1.74. The standard InChI is InChI=1S/C16H16N2O2/c1-12-9-10-17-15(11-12)18-16(19)8-7-13-5-3-4-6-14(13)20-2/h3-11H,1-2H3,(H,17,18,19)/b8-7+. The van der Waals surface area contributed by atoms with Gasteiger partial charge in [0, 0.05) is 17.8 Å². The highest BCUT2D eigenvalue weighted by Crippen LogP contribution is 2.18. The first-order valence-electron chi connectivity index (χ1n) is 6.24. The number of benzene rings is 1. The molecule has 1 aromatic carbocycles. The van der Waals surface area contributed by atoms with Crippen molar-refractivity contribution in [1.82, 2.24) is 4.98 Å². The molecule has 4 nitrogen and oxygen atoms in total. The summed E-state index contributed by atoms with van der Waals surface area (Å²) in [5, 5.41) is 2.71. The molecule has 1 heterocycles. The summed E-state index contributed by atoms with van der Waals surface area (Å²) in [4.78, 5) is 15.9. The molecule has 1 N–H and O–H groups in total. The van der Waals surface area contributed by atoms with Crippen LogP contribution in [0.1, 0.15) is 11.1 Å². The summed E-state index contributed by atoms with van der Waals surface area (Å²) < 4.78 is 5.22. The van der Waals surface area contributed by atoms with Gasteiger partial charge in [0.1, 0.15) is 11.6 Å². The second-order valence-corrected chi connectivity index (χ2v) is 4.28. The van der Waals surface area contributed by atoms with E-state index in [1.807, 2.05) is 43.3 Å². The normalized spacial score (nSPS) is 10.5. The molecule has 0 aliphatic heterocycles. The summed E-state index contributed by atoms with van der Waals surface area (Å²) in [7, 11) is 1.60. The average Bonchev–Trinajstić information content (AvgIpc) is 2.45. The summed E-state index contributed by atoms with van der Waals surface area (Å²) in [6.45, 7) is 1.95. The molecule has 1 amide bonds. The second-order valence-electron chi connectivity index (χ2n) is 4.28. The fraction of sp³-hybridized carbons (Fsp3) is 0.125. The van der Waals surface area contributed by atoms with E-state index >= 15 is 0 Å². The lowest BCUT2D eigenvalue weighted by Gasteiger charge is -2.04. The Morgan fingerprint density at radius 1 is 1.30 bits per heavy atom. The van der Waals surface area contributed by atoms with Crippen LogP contribution in [-0.4, -0.2) is 18.0 Å². The molecule has 1 aromatic heterocycles. The Morgan fingerprint density at radius 3 is 2.85 bits per heavy atom. The van der Waals surface area contributed by atoms with Gasteiger partial charge >= 0.3 is 0 Å². The van der Waals surface area contributed by atoms with E-state index in [1.165, 1.54) is 6.08 Å². The zero-order valence-corrected chi connectivity index (χ0v) is 11.5. The predicted octanol–water partition coefficient (Wildman–Crippen LogP) is 3.05. The number of amides is 1. The van der Waals surface area contributed by atoms with Crippen LogP contribution in [0.2, 0.25) is 0 Å². The van der Waals surface area contributed by atoms with Crippen molar-refractivity contribution < 1.29 is 9.53 Å². The number of nitrogens with one attached hydrogen (secondary N) is 1. The third-order valence-corrected chi connectivity index (χ3v) is 2.72. The minimum Gasteiger partial charge on any atom is -0.496 e. The SMILES string of the molecule is COc1ccccc1/C=C/C(=O)Nc1cc(C)ccn1. The number of hydrogen-bond acceptors (Lipinski definition) is 3. The van der Waals surface area contributed by atoms with Crippen LogP contribution in [0.15, 0.2) is 48.7 Å². The molecule has 102 valence electrons. The number of aryl methyl sites for hydroxylation is 1. The van der Waals surface area contributed by atoms with Gasteiger partial charge in [-0.3, -0.25) is 4.79 Å². The number of rotatable bonds is 4. The van der Waals surface area contributed by atoms with E-state index in [9.17, 15) is 4.79 Å². The quantitative estimate of drug-likeness (QED) is 0.867. The van der Waals surface area contributed by atoms with Crippen LogP contribution >= 0.6 is 0 Å². The van der Waals surface area contributed by atoms with Crippen molar-refractivity contribution in [2.24, 2.45) is 0 Å². The first kappa shape index (κ1) is 13.8. The topological polar surface area (TPSA) is 51.2 Å². The highest BCUT2D eigenvalue weighted by atomic mass is 16.5. The van der Waals surface area contributed by atoms with E-state index in [0.717, 1.165) is 16.9 Å². The Bertz CT molecular complexity index is 636. The number of methoxy groups -OCH3 is 1. The second kappa shape index (κ2) is 6.52. The van der Waals surface area contributed by atoms with Gasteiger partial charge < -0.3 is 10.1 Å². The molecule has 0 atom stereocenters. The van der Waals surface area contributed by atoms with Crippen molar-refractivity contribution in [2.45, 2.75) is 6.92 Å². The van der Waals surface area contributed by atoms with E-state index in [1.54, 1.807) is 19.4 Å². The van der Waals surface area contributed by atoms with E-state index in [-0.39, 0.29) is 5.91 Å². The predicted molar refractivity (Wildman–Crippen MR) is 79.6 cm³/mol. The Morgan fingerprint density at radius 2 is 2.10 bits per heavy atom. The lowest BCUT2D eigenvalue weighted by Crippen LogP contribution is -2.09. The third kappa shape index (κ3) is 3.68. The minimum atomic E-state index is -0.228. The van der Waals surface area contributed by atoms with Gasteiger partial charge in [-0.05, 0) is 36.8 Å². The summed E-state index contributed by atoms with van der Waals surface area (Å²) in [6.07, 6.45) is 4.83. The zero-order chi connectivity index (χ0) is 14.4. The molecule has 20 heavy (non-hydrogen) atoms. The molecule has 0 aliphatic rings. The number of aromatic nitrogens is 1. The molecule has 0 radical (unpaired) electrons. The van der Waals surface area contributed by atoms with Crippen molar-refractivity contribution >= 4 is 17.8 Å². The van der Waals surface area contributed by atoms with Gasteiger partial charge in [0.25, 0.3) is 0 Å². The molecular formula is C16H16N2O2. The Labute approximate surface area is 118 Å². The molecule has 0 unspecified atom stereocenters. The van der Waals surface area contributed by atoms with E-state index in [4.69, 9.17) is 4.74 Å². The minimum absolute atomic E-state index is 0.228. The van der Waals surface area contributed by atoms with Crippen LogP contribution in [0.4, 0.5) is 5.82 Å². The lowest BCUT2D eigenvalue weighted by atomic mass is 10.2. The smallest absolute Gasteiger partial charge is 0.249 e. The van der Waals surface area contributed by atoms with Crippen LogP contribution in [0.25, 0.3) is 6.08 Å². The van der Waals surface area contributed by atoms with E-state index < -0.39 is 0 Å². The van der Waals surface area contributed by atoms with Gasteiger partial charge in [-0.1, -0.05) is 18.2 Å². The van der Waals surface area contributed by atoms with Crippen molar-refractivity contribution in [3.63, 3.8) is 0 Å². The summed E-state index contributed by atoms with van der Waals surface area (Å²) >= 11 is 0. The van der Waals surface area contributed by atoms with Crippen LogP contribution < -0.4 is 10.1 Å². The highest BCUT2D eigenvalue weighted by Gasteiger charge is 2.01. The van der Waals surface area contributed by atoms with Crippen molar-refractivity contribution in [2.75, 3.05) is 12.4 Å². The highest BCUT2D eigenvalue weighted by molar-refractivity contribution is 6.01. The molecule has 0 spiro atoms.